The lowest BCUT2D eigenvalue weighted by Gasteiger charge is -2.32. The van der Waals surface area contributed by atoms with Gasteiger partial charge in [-0.05, 0) is 67.1 Å². The van der Waals surface area contributed by atoms with Crippen LogP contribution in [0.15, 0.2) is 77.3 Å². The Hall–Kier alpha value is -3.12. The number of rotatable bonds is 10. The largest absolute Gasteiger partial charge is 0.483 e. The molecule has 0 bridgehead atoms. The molecule has 37 heavy (non-hydrogen) atoms. The fraction of sp³-hybridized carbons (Fsp3) is 0.355. The van der Waals surface area contributed by atoms with E-state index in [-0.39, 0.29) is 24.5 Å². The van der Waals surface area contributed by atoms with E-state index in [0.717, 1.165) is 52.4 Å². The Kier molecular flexibility index (Phi) is 9.40. The predicted octanol–water partition coefficient (Wildman–Crippen LogP) is 6.14. The van der Waals surface area contributed by atoms with Gasteiger partial charge in [-0.1, -0.05) is 83.4 Å². The Balaban J connectivity index is 1.62. The van der Waals surface area contributed by atoms with E-state index < -0.39 is 6.04 Å². The first kappa shape index (κ1) is 26.9. The quantitative estimate of drug-likeness (QED) is 0.322. The van der Waals surface area contributed by atoms with Crippen molar-refractivity contribution in [3.8, 4) is 5.75 Å². The lowest BCUT2D eigenvalue weighted by Crippen LogP contribution is -2.53. The van der Waals surface area contributed by atoms with Gasteiger partial charge in [0.25, 0.3) is 5.91 Å². The highest BCUT2D eigenvalue weighted by molar-refractivity contribution is 9.10. The van der Waals surface area contributed by atoms with Crippen LogP contribution in [0.5, 0.6) is 5.75 Å². The van der Waals surface area contributed by atoms with E-state index in [1.54, 1.807) is 4.90 Å². The van der Waals surface area contributed by atoms with Gasteiger partial charge in [0, 0.05) is 23.5 Å². The van der Waals surface area contributed by atoms with E-state index >= 15 is 0 Å². The molecule has 3 aromatic rings. The Morgan fingerprint density at radius 1 is 0.973 bits per heavy atom. The Morgan fingerprint density at radius 2 is 1.70 bits per heavy atom. The summed E-state index contributed by atoms with van der Waals surface area (Å²) in [7, 11) is 0. The third kappa shape index (κ3) is 7.68. The minimum absolute atomic E-state index is 0.106. The number of aryl methyl sites for hydroxylation is 2. The molecule has 0 aliphatic heterocycles. The number of halogens is 1. The second-order valence-corrected chi connectivity index (χ2v) is 10.8. The molecular formula is C31H35BrN2O3. The summed E-state index contributed by atoms with van der Waals surface area (Å²) >= 11 is 3.54. The van der Waals surface area contributed by atoms with Crippen molar-refractivity contribution in [1.29, 1.82) is 0 Å². The van der Waals surface area contributed by atoms with Crippen LogP contribution >= 0.6 is 15.9 Å². The zero-order valence-electron chi connectivity index (χ0n) is 21.6. The van der Waals surface area contributed by atoms with Gasteiger partial charge in [-0.2, -0.15) is 0 Å². The first-order chi connectivity index (χ1) is 17.9. The molecule has 0 aromatic heterocycles. The smallest absolute Gasteiger partial charge is 0.261 e. The molecule has 0 spiro atoms. The molecule has 1 atom stereocenters. The lowest BCUT2D eigenvalue weighted by atomic mass is 10.0. The number of hydrogen-bond acceptors (Lipinski definition) is 3. The number of carbonyl (C=O) groups excluding carboxylic acids is 2. The molecule has 0 saturated heterocycles. The van der Waals surface area contributed by atoms with Crippen LogP contribution in [0.2, 0.25) is 0 Å². The average Bonchev–Trinajstić information content (AvgIpc) is 3.40. The first-order valence-electron chi connectivity index (χ1n) is 13.0. The number of benzene rings is 3. The monoisotopic (exact) mass is 562 g/mol. The van der Waals surface area contributed by atoms with Crippen LogP contribution in [-0.4, -0.2) is 35.4 Å². The van der Waals surface area contributed by atoms with Crippen LogP contribution in [0.25, 0.3) is 0 Å². The van der Waals surface area contributed by atoms with Gasteiger partial charge < -0.3 is 15.0 Å². The molecule has 0 radical (unpaired) electrons. The molecule has 2 amide bonds. The number of ether oxygens (including phenoxy) is 1. The third-order valence-electron chi connectivity index (χ3n) is 6.91. The maximum atomic E-state index is 13.8. The summed E-state index contributed by atoms with van der Waals surface area (Å²) in [6.45, 7) is 4.13. The molecule has 6 heteroatoms. The van der Waals surface area contributed by atoms with Gasteiger partial charge in [-0.3, -0.25) is 9.59 Å². The van der Waals surface area contributed by atoms with Crippen molar-refractivity contribution in [2.45, 2.75) is 64.6 Å². The molecule has 1 aliphatic rings. The standard InChI is InChI=1S/C31H35BrN2O3/c1-22-15-16-23(2)29(17-22)37-21-30(35)34(20-25-11-8-12-26(32)18-25)28(19-24-9-4-3-5-10-24)31(36)33-27-13-6-7-14-27/h3-5,8-12,15-18,27-28H,6-7,13-14,19-21H2,1-2H3,(H,33,36). The average molecular weight is 564 g/mol. The summed E-state index contributed by atoms with van der Waals surface area (Å²) in [5.74, 6) is 0.361. The van der Waals surface area contributed by atoms with Gasteiger partial charge in [0.2, 0.25) is 5.91 Å². The van der Waals surface area contributed by atoms with Crippen molar-refractivity contribution >= 4 is 27.7 Å². The summed E-state index contributed by atoms with van der Waals surface area (Å²) in [6.07, 6.45) is 4.65. The van der Waals surface area contributed by atoms with Crippen molar-refractivity contribution < 1.29 is 14.3 Å². The molecule has 1 unspecified atom stereocenters. The predicted molar refractivity (Wildman–Crippen MR) is 150 cm³/mol. The van der Waals surface area contributed by atoms with Crippen LogP contribution in [0.1, 0.15) is 47.9 Å². The van der Waals surface area contributed by atoms with Crippen molar-refractivity contribution in [3.63, 3.8) is 0 Å². The SMILES string of the molecule is Cc1ccc(C)c(OCC(=O)N(Cc2cccc(Br)c2)C(Cc2ccccc2)C(=O)NC2CCCC2)c1. The molecular weight excluding hydrogens is 528 g/mol. The highest BCUT2D eigenvalue weighted by atomic mass is 79.9. The van der Waals surface area contributed by atoms with E-state index in [2.05, 4.69) is 21.2 Å². The summed E-state index contributed by atoms with van der Waals surface area (Å²) < 4.78 is 6.93. The van der Waals surface area contributed by atoms with Crippen LogP contribution in [0, 0.1) is 13.8 Å². The highest BCUT2D eigenvalue weighted by Gasteiger charge is 2.32. The number of nitrogens with one attached hydrogen (secondary N) is 1. The van der Waals surface area contributed by atoms with Crippen molar-refractivity contribution in [1.82, 2.24) is 10.2 Å². The van der Waals surface area contributed by atoms with Crippen LogP contribution < -0.4 is 10.1 Å². The number of nitrogens with zero attached hydrogens (tertiary/aromatic N) is 1. The van der Waals surface area contributed by atoms with Gasteiger partial charge in [-0.25, -0.2) is 0 Å². The normalized spacial score (nSPS) is 14.2. The number of carbonyl (C=O) groups is 2. The van der Waals surface area contributed by atoms with E-state index in [4.69, 9.17) is 4.74 Å². The van der Waals surface area contributed by atoms with E-state index in [1.165, 1.54) is 0 Å². The summed E-state index contributed by atoms with van der Waals surface area (Å²) in [5, 5.41) is 3.24. The third-order valence-corrected chi connectivity index (χ3v) is 7.40. The molecule has 194 valence electrons. The van der Waals surface area contributed by atoms with Crippen molar-refractivity contribution in [2.24, 2.45) is 0 Å². The molecule has 1 aliphatic carbocycles. The highest BCUT2D eigenvalue weighted by Crippen LogP contribution is 2.22. The Labute approximate surface area is 228 Å². The topological polar surface area (TPSA) is 58.6 Å². The summed E-state index contributed by atoms with van der Waals surface area (Å²) in [5.41, 5.74) is 3.99. The molecule has 0 heterocycles. The second kappa shape index (κ2) is 12.9. The van der Waals surface area contributed by atoms with Gasteiger partial charge in [0.1, 0.15) is 11.8 Å². The van der Waals surface area contributed by atoms with Gasteiger partial charge in [-0.15, -0.1) is 0 Å². The van der Waals surface area contributed by atoms with Gasteiger partial charge >= 0.3 is 0 Å². The zero-order valence-corrected chi connectivity index (χ0v) is 23.2. The van der Waals surface area contributed by atoms with Gasteiger partial charge in [0.05, 0.1) is 0 Å². The molecule has 3 aromatic carbocycles. The van der Waals surface area contributed by atoms with Crippen LogP contribution in [0.3, 0.4) is 0 Å². The molecule has 5 nitrogen and oxygen atoms in total. The second-order valence-electron chi connectivity index (χ2n) is 9.90. The maximum Gasteiger partial charge on any atom is 0.261 e. The minimum Gasteiger partial charge on any atom is -0.483 e. The zero-order chi connectivity index (χ0) is 26.2. The molecule has 1 N–H and O–H groups in total. The Morgan fingerprint density at radius 3 is 2.43 bits per heavy atom. The number of hydrogen-bond donors (Lipinski definition) is 1. The first-order valence-corrected chi connectivity index (χ1v) is 13.8. The van der Waals surface area contributed by atoms with E-state index in [0.29, 0.717) is 18.7 Å². The summed E-state index contributed by atoms with van der Waals surface area (Å²) in [6, 6.07) is 23.2. The Bertz CT molecular complexity index is 1210. The molecule has 1 fully saturated rings. The fourth-order valence-corrected chi connectivity index (χ4v) is 5.29. The van der Waals surface area contributed by atoms with Crippen molar-refractivity contribution in [2.75, 3.05) is 6.61 Å². The van der Waals surface area contributed by atoms with E-state index in [1.807, 2.05) is 86.6 Å². The minimum atomic E-state index is -0.656. The van der Waals surface area contributed by atoms with Crippen molar-refractivity contribution in [3.05, 3.63) is 99.5 Å². The molecule has 1 saturated carbocycles. The summed E-state index contributed by atoms with van der Waals surface area (Å²) in [4.78, 5) is 29.2. The maximum absolute atomic E-state index is 13.8. The molecule has 4 rings (SSSR count). The van der Waals surface area contributed by atoms with Gasteiger partial charge in [0.15, 0.2) is 6.61 Å². The fourth-order valence-electron chi connectivity index (χ4n) is 4.84. The lowest BCUT2D eigenvalue weighted by molar-refractivity contribution is -0.143. The van der Waals surface area contributed by atoms with Crippen LogP contribution in [0.4, 0.5) is 0 Å². The number of amides is 2. The van der Waals surface area contributed by atoms with Crippen LogP contribution in [-0.2, 0) is 22.6 Å². The van der Waals surface area contributed by atoms with E-state index in [9.17, 15) is 9.59 Å².